The number of amides is 1. The molecule has 0 radical (unpaired) electrons. The van der Waals surface area contributed by atoms with Crippen LogP contribution in [0.3, 0.4) is 0 Å². The maximum absolute atomic E-state index is 14.4. The van der Waals surface area contributed by atoms with E-state index < -0.39 is 11.7 Å². The van der Waals surface area contributed by atoms with E-state index in [9.17, 15) is 9.18 Å². The van der Waals surface area contributed by atoms with Crippen molar-refractivity contribution >= 4 is 17.5 Å². The first-order valence-corrected chi connectivity index (χ1v) is 8.06. The number of rotatable bonds is 6. The number of nitrogens with zero attached hydrogens (tertiary/aromatic N) is 1. The van der Waals surface area contributed by atoms with Crippen LogP contribution in [0.25, 0.3) is 0 Å². The van der Waals surface area contributed by atoms with E-state index in [1.54, 1.807) is 0 Å². The SMILES string of the molecule is N/C=C\C(=C/N)Nc1nc(NC2CCCC[C@@H]2N)c(F)cc1C(N)=O. The molecule has 0 aromatic carbocycles. The highest BCUT2D eigenvalue weighted by Gasteiger charge is 2.24. The fourth-order valence-electron chi connectivity index (χ4n) is 2.77. The van der Waals surface area contributed by atoms with Gasteiger partial charge in [0.25, 0.3) is 5.91 Å². The van der Waals surface area contributed by atoms with E-state index in [2.05, 4.69) is 15.6 Å². The normalized spacial score (nSPS) is 21.3. The summed E-state index contributed by atoms with van der Waals surface area (Å²) >= 11 is 0. The topological polar surface area (TPSA) is 158 Å². The molecule has 136 valence electrons. The van der Waals surface area contributed by atoms with Gasteiger partial charge in [-0.3, -0.25) is 4.79 Å². The second kappa shape index (κ2) is 8.34. The molecule has 1 amide bonds. The molecule has 1 aliphatic carbocycles. The summed E-state index contributed by atoms with van der Waals surface area (Å²) in [6, 6.07) is 0.868. The number of nitrogens with one attached hydrogen (secondary N) is 2. The summed E-state index contributed by atoms with van der Waals surface area (Å²) in [5, 5.41) is 5.85. The molecule has 25 heavy (non-hydrogen) atoms. The molecule has 2 atom stereocenters. The summed E-state index contributed by atoms with van der Waals surface area (Å²) < 4.78 is 14.4. The number of carbonyl (C=O) groups is 1. The summed E-state index contributed by atoms with van der Waals surface area (Å²) in [5.74, 6) is -1.41. The highest BCUT2D eigenvalue weighted by atomic mass is 19.1. The number of aromatic nitrogens is 1. The number of carbonyl (C=O) groups excluding carboxylic acids is 1. The highest BCUT2D eigenvalue weighted by molar-refractivity contribution is 5.98. The Morgan fingerprint density at radius 2 is 2.00 bits per heavy atom. The minimum atomic E-state index is -0.817. The number of anilines is 2. The number of primary amides is 1. The molecule has 2 rings (SSSR count). The molecule has 9 heteroatoms. The standard InChI is InChI=1S/C16H24FN7O/c17-11-7-10(14(21)25)15(22-9(8-19)5-6-18)24-16(11)23-13-4-2-1-3-12(13)20/h5-8,12-13H,1-4,18-20H2,(H2,21,25)(H2,22,23,24)/b6-5-,9-8+/t12-,13?/m0/s1. The number of allylic oxidation sites excluding steroid dienone is 1. The Morgan fingerprint density at radius 1 is 1.28 bits per heavy atom. The van der Waals surface area contributed by atoms with Gasteiger partial charge in [0.15, 0.2) is 11.6 Å². The Labute approximate surface area is 145 Å². The van der Waals surface area contributed by atoms with Crippen molar-refractivity contribution in [3.63, 3.8) is 0 Å². The fraction of sp³-hybridized carbons (Fsp3) is 0.375. The van der Waals surface area contributed by atoms with Crippen molar-refractivity contribution in [3.05, 3.63) is 41.6 Å². The van der Waals surface area contributed by atoms with Crippen molar-refractivity contribution < 1.29 is 9.18 Å². The molecule has 1 heterocycles. The Kier molecular flexibility index (Phi) is 6.18. The smallest absolute Gasteiger partial charge is 0.252 e. The molecule has 8 nitrogen and oxygen atoms in total. The summed E-state index contributed by atoms with van der Waals surface area (Å²) in [7, 11) is 0. The van der Waals surface area contributed by atoms with E-state index in [4.69, 9.17) is 22.9 Å². The summed E-state index contributed by atoms with van der Waals surface area (Å²) in [6.45, 7) is 0. The van der Waals surface area contributed by atoms with Crippen molar-refractivity contribution in [3.8, 4) is 0 Å². The molecule has 0 bridgehead atoms. The molecular formula is C16H24FN7O. The van der Waals surface area contributed by atoms with Gasteiger partial charge in [-0.2, -0.15) is 0 Å². The average molecular weight is 349 g/mol. The van der Waals surface area contributed by atoms with Gasteiger partial charge in [0.05, 0.1) is 11.3 Å². The molecule has 0 spiro atoms. The van der Waals surface area contributed by atoms with E-state index in [1.807, 2.05) is 0 Å². The summed E-state index contributed by atoms with van der Waals surface area (Å²) in [4.78, 5) is 15.8. The third kappa shape index (κ3) is 4.60. The molecule has 1 aromatic heterocycles. The average Bonchev–Trinajstić information content (AvgIpc) is 2.58. The zero-order valence-corrected chi connectivity index (χ0v) is 13.8. The van der Waals surface area contributed by atoms with Crippen LogP contribution >= 0.6 is 0 Å². The van der Waals surface area contributed by atoms with E-state index in [0.717, 1.165) is 31.7 Å². The number of nitrogens with two attached hydrogens (primary N) is 4. The second-order valence-corrected chi connectivity index (χ2v) is 5.88. The zero-order chi connectivity index (χ0) is 18.4. The first kappa shape index (κ1) is 18.5. The van der Waals surface area contributed by atoms with Gasteiger partial charge in [-0.15, -0.1) is 0 Å². The molecule has 1 aromatic rings. The number of hydrogen-bond acceptors (Lipinski definition) is 7. The van der Waals surface area contributed by atoms with Gasteiger partial charge < -0.3 is 33.6 Å². The van der Waals surface area contributed by atoms with Crippen molar-refractivity contribution in [1.29, 1.82) is 0 Å². The van der Waals surface area contributed by atoms with E-state index in [-0.39, 0.29) is 29.3 Å². The molecule has 1 unspecified atom stereocenters. The van der Waals surface area contributed by atoms with E-state index >= 15 is 0 Å². The largest absolute Gasteiger partial charge is 0.405 e. The van der Waals surface area contributed by atoms with Crippen LogP contribution < -0.4 is 33.6 Å². The third-order valence-electron chi connectivity index (χ3n) is 4.10. The van der Waals surface area contributed by atoms with Crippen LogP contribution in [0.2, 0.25) is 0 Å². The van der Waals surface area contributed by atoms with Crippen molar-refractivity contribution in [2.75, 3.05) is 10.6 Å². The number of hydrogen-bond donors (Lipinski definition) is 6. The summed E-state index contributed by atoms with van der Waals surface area (Å²) in [6.07, 6.45) is 7.73. The van der Waals surface area contributed by atoms with Crippen LogP contribution in [-0.4, -0.2) is 23.0 Å². The van der Waals surface area contributed by atoms with Crippen LogP contribution in [0.1, 0.15) is 36.0 Å². The Balaban J connectivity index is 2.34. The van der Waals surface area contributed by atoms with Crippen LogP contribution in [0, 0.1) is 5.82 Å². The van der Waals surface area contributed by atoms with Crippen LogP contribution in [0.5, 0.6) is 0 Å². The number of pyridine rings is 1. The molecule has 1 fully saturated rings. The highest BCUT2D eigenvalue weighted by Crippen LogP contribution is 2.25. The molecule has 0 saturated heterocycles. The molecular weight excluding hydrogens is 325 g/mol. The van der Waals surface area contributed by atoms with E-state index in [1.165, 1.54) is 18.5 Å². The maximum Gasteiger partial charge on any atom is 0.252 e. The Bertz CT molecular complexity index is 689. The minimum Gasteiger partial charge on any atom is -0.405 e. The van der Waals surface area contributed by atoms with Gasteiger partial charge in [-0.05, 0) is 31.2 Å². The monoisotopic (exact) mass is 349 g/mol. The van der Waals surface area contributed by atoms with Gasteiger partial charge in [0.1, 0.15) is 5.82 Å². The Hall–Kier alpha value is -2.81. The predicted molar refractivity (Wildman–Crippen MR) is 95.8 cm³/mol. The van der Waals surface area contributed by atoms with Crippen molar-refractivity contribution in [2.24, 2.45) is 22.9 Å². The second-order valence-electron chi connectivity index (χ2n) is 5.88. The predicted octanol–water partition coefficient (Wildman–Crippen LogP) is 0.686. The quantitative estimate of drug-likeness (QED) is 0.412. The molecule has 1 aliphatic rings. The lowest BCUT2D eigenvalue weighted by Gasteiger charge is -2.30. The third-order valence-corrected chi connectivity index (χ3v) is 4.10. The maximum atomic E-state index is 14.4. The fourth-order valence-corrected chi connectivity index (χ4v) is 2.77. The first-order chi connectivity index (χ1) is 12.0. The van der Waals surface area contributed by atoms with Gasteiger partial charge in [-0.25, -0.2) is 9.37 Å². The summed E-state index contributed by atoms with van der Waals surface area (Å²) in [5.41, 5.74) is 22.5. The lowest BCUT2D eigenvalue weighted by atomic mass is 9.91. The molecule has 10 N–H and O–H groups in total. The van der Waals surface area contributed by atoms with Gasteiger partial charge >= 0.3 is 0 Å². The molecule has 0 aliphatic heterocycles. The lowest BCUT2D eigenvalue weighted by molar-refractivity contribution is 0.100. The lowest BCUT2D eigenvalue weighted by Crippen LogP contribution is -2.43. The zero-order valence-electron chi connectivity index (χ0n) is 13.8. The van der Waals surface area contributed by atoms with Crippen LogP contribution in [0.4, 0.5) is 16.0 Å². The number of halogens is 1. The van der Waals surface area contributed by atoms with Crippen molar-refractivity contribution in [2.45, 2.75) is 37.8 Å². The molecule has 1 saturated carbocycles. The van der Waals surface area contributed by atoms with Crippen molar-refractivity contribution in [1.82, 2.24) is 4.98 Å². The Morgan fingerprint density at radius 3 is 2.60 bits per heavy atom. The minimum absolute atomic E-state index is 0.00273. The van der Waals surface area contributed by atoms with Gasteiger partial charge in [0, 0.05) is 18.3 Å². The van der Waals surface area contributed by atoms with Crippen LogP contribution in [0.15, 0.2) is 30.2 Å². The van der Waals surface area contributed by atoms with Gasteiger partial charge in [-0.1, -0.05) is 12.8 Å². The van der Waals surface area contributed by atoms with Crippen LogP contribution in [-0.2, 0) is 0 Å². The van der Waals surface area contributed by atoms with Gasteiger partial charge in [0.2, 0.25) is 0 Å². The first-order valence-electron chi connectivity index (χ1n) is 8.06. The van der Waals surface area contributed by atoms with E-state index in [0.29, 0.717) is 5.70 Å².